The molecule has 0 aliphatic carbocycles. The number of methoxy groups -OCH3 is 4. The van der Waals surface area contributed by atoms with Gasteiger partial charge in [0.25, 0.3) is 0 Å². The van der Waals surface area contributed by atoms with Crippen molar-refractivity contribution in [1.29, 1.82) is 0 Å². The third-order valence-electron chi connectivity index (χ3n) is 11.6. The van der Waals surface area contributed by atoms with Crippen LogP contribution in [0.5, 0.6) is 23.0 Å². The molecule has 0 heterocycles. The van der Waals surface area contributed by atoms with Crippen LogP contribution in [-0.4, -0.2) is 28.4 Å². The van der Waals surface area contributed by atoms with Crippen LogP contribution in [0.1, 0.15) is 11.1 Å². The van der Waals surface area contributed by atoms with Crippen LogP contribution in [0.25, 0.3) is 43.8 Å². The van der Waals surface area contributed by atoms with Gasteiger partial charge in [-0.1, -0.05) is 71.8 Å². The Bertz CT molecular complexity index is 2680. The maximum absolute atomic E-state index is 5.58. The third kappa shape index (κ3) is 7.63. The number of anilines is 6. The van der Waals surface area contributed by atoms with Crippen LogP contribution in [0, 0.1) is 13.8 Å². The SMILES string of the molecule is COc1ccc(N(c2ccc(OC)cc2)c2ccc3c(-c4ccc(C)cc4)c(-c4ccc(C)cc4)c4ccc(N(c5ccc(OC)cc5)c5ccc(OC)cc5)cc4c3c2)cc1. The molecule has 306 valence electrons. The number of fused-ring (bicyclic) bond motifs is 3. The predicted octanol–water partition coefficient (Wildman–Crippen LogP) is 14.9. The summed E-state index contributed by atoms with van der Waals surface area (Å²) in [4.78, 5) is 4.57. The molecule has 0 aliphatic rings. The molecule has 9 rings (SSSR count). The van der Waals surface area contributed by atoms with Crippen LogP contribution in [0.2, 0.25) is 0 Å². The standard InChI is InChI=1S/C56H48N2O4/c1-37-7-11-39(12-8-37)55-51-33-23-45(57(41-15-25-47(59-3)26-16-41)42-17-27-48(60-4)28-18-42)35-53(51)54-36-46(24-34-52(54)56(55)40-13-9-38(2)10-14-40)58(43-19-29-49(61-5)30-20-43)44-21-31-50(62-6)32-22-44/h7-36H,1-6H3. The number of hydrogen-bond donors (Lipinski definition) is 0. The Labute approximate surface area is 363 Å². The Balaban J connectivity index is 1.37. The fourth-order valence-electron chi connectivity index (χ4n) is 8.35. The molecule has 9 aromatic rings. The highest BCUT2D eigenvalue weighted by molar-refractivity contribution is 6.23. The summed E-state index contributed by atoms with van der Waals surface area (Å²) in [5.74, 6) is 3.19. The Morgan fingerprint density at radius 2 is 0.532 bits per heavy atom. The van der Waals surface area contributed by atoms with Crippen LogP contribution >= 0.6 is 0 Å². The Morgan fingerprint density at radius 3 is 0.790 bits per heavy atom. The first-order valence-corrected chi connectivity index (χ1v) is 20.7. The van der Waals surface area contributed by atoms with Crippen molar-refractivity contribution in [2.24, 2.45) is 0 Å². The molecule has 0 fully saturated rings. The highest BCUT2D eigenvalue weighted by Gasteiger charge is 2.22. The molecule has 0 atom stereocenters. The van der Waals surface area contributed by atoms with Crippen molar-refractivity contribution < 1.29 is 18.9 Å². The van der Waals surface area contributed by atoms with E-state index in [0.29, 0.717) is 0 Å². The maximum Gasteiger partial charge on any atom is 0.119 e. The number of aryl methyl sites for hydroxylation is 2. The number of hydrogen-bond acceptors (Lipinski definition) is 6. The number of rotatable bonds is 12. The summed E-state index contributed by atoms with van der Waals surface area (Å²) in [6.45, 7) is 4.28. The molecular formula is C56H48N2O4. The van der Waals surface area contributed by atoms with Gasteiger partial charge in [-0.3, -0.25) is 0 Å². The molecule has 0 bridgehead atoms. The zero-order valence-electron chi connectivity index (χ0n) is 35.8. The molecule has 62 heavy (non-hydrogen) atoms. The number of ether oxygens (including phenoxy) is 4. The lowest BCUT2D eigenvalue weighted by atomic mass is 9.84. The summed E-state index contributed by atoms with van der Waals surface area (Å²) in [5, 5.41) is 4.56. The Hall–Kier alpha value is -7.70. The molecule has 0 spiro atoms. The first-order chi connectivity index (χ1) is 30.3. The van der Waals surface area contributed by atoms with E-state index in [1.807, 2.05) is 48.5 Å². The van der Waals surface area contributed by atoms with Gasteiger partial charge < -0.3 is 28.7 Å². The van der Waals surface area contributed by atoms with Crippen molar-refractivity contribution in [2.75, 3.05) is 38.2 Å². The highest BCUT2D eigenvalue weighted by Crippen LogP contribution is 2.49. The summed E-state index contributed by atoms with van der Waals surface area (Å²) < 4.78 is 22.3. The third-order valence-corrected chi connectivity index (χ3v) is 11.6. The van der Waals surface area contributed by atoms with Crippen LogP contribution in [-0.2, 0) is 0 Å². The number of nitrogens with zero attached hydrogens (tertiary/aromatic N) is 2. The van der Waals surface area contributed by atoms with Crippen LogP contribution in [0.4, 0.5) is 34.1 Å². The highest BCUT2D eigenvalue weighted by atomic mass is 16.5. The first-order valence-electron chi connectivity index (χ1n) is 20.7. The van der Waals surface area contributed by atoms with Gasteiger partial charge in [-0.25, -0.2) is 0 Å². The maximum atomic E-state index is 5.58. The van der Waals surface area contributed by atoms with Crippen molar-refractivity contribution in [3.05, 3.63) is 193 Å². The monoisotopic (exact) mass is 812 g/mol. The minimum Gasteiger partial charge on any atom is -0.497 e. The quantitative estimate of drug-likeness (QED) is 0.115. The first kappa shape index (κ1) is 39.7. The summed E-state index contributed by atoms with van der Waals surface area (Å²) in [6, 6.07) is 64.5. The van der Waals surface area contributed by atoms with Crippen LogP contribution in [0.3, 0.4) is 0 Å². The molecule has 0 N–H and O–H groups in total. The van der Waals surface area contributed by atoms with Gasteiger partial charge in [0.2, 0.25) is 0 Å². The van der Waals surface area contributed by atoms with E-state index in [4.69, 9.17) is 18.9 Å². The van der Waals surface area contributed by atoms with Gasteiger partial charge in [0.05, 0.1) is 28.4 Å². The van der Waals surface area contributed by atoms with E-state index in [1.54, 1.807) is 28.4 Å². The molecule has 9 aromatic carbocycles. The van der Waals surface area contributed by atoms with Gasteiger partial charge in [0, 0.05) is 34.1 Å². The molecule has 0 radical (unpaired) electrons. The molecule has 6 heteroatoms. The van der Waals surface area contributed by atoms with E-state index >= 15 is 0 Å². The molecule has 0 aromatic heterocycles. The Morgan fingerprint density at radius 1 is 0.274 bits per heavy atom. The van der Waals surface area contributed by atoms with E-state index in [1.165, 1.54) is 22.3 Å². The lowest BCUT2D eigenvalue weighted by Gasteiger charge is -2.28. The van der Waals surface area contributed by atoms with Crippen molar-refractivity contribution >= 4 is 55.7 Å². The predicted molar refractivity (Wildman–Crippen MR) is 257 cm³/mol. The minimum atomic E-state index is 0.796. The van der Waals surface area contributed by atoms with Gasteiger partial charge in [-0.15, -0.1) is 0 Å². The molecule has 0 saturated heterocycles. The second-order valence-electron chi connectivity index (χ2n) is 15.4. The number of benzene rings is 9. The largest absolute Gasteiger partial charge is 0.497 e. The molecule has 6 nitrogen and oxygen atoms in total. The lowest BCUT2D eigenvalue weighted by molar-refractivity contribution is 0.414. The minimum absolute atomic E-state index is 0.796. The molecule has 0 aliphatic heterocycles. The van der Waals surface area contributed by atoms with Crippen molar-refractivity contribution in [3.8, 4) is 45.3 Å². The summed E-state index contributed by atoms with van der Waals surface area (Å²) >= 11 is 0. The molecule has 0 unspecified atom stereocenters. The smallest absolute Gasteiger partial charge is 0.119 e. The van der Waals surface area contributed by atoms with E-state index < -0.39 is 0 Å². The van der Waals surface area contributed by atoms with Gasteiger partial charge in [-0.05, 0) is 179 Å². The fourth-order valence-corrected chi connectivity index (χ4v) is 8.35. The Kier molecular flexibility index (Phi) is 11.0. The van der Waals surface area contributed by atoms with E-state index in [9.17, 15) is 0 Å². The molecule has 0 saturated carbocycles. The van der Waals surface area contributed by atoms with E-state index in [0.717, 1.165) is 89.8 Å². The molecular weight excluding hydrogens is 765 g/mol. The topological polar surface area (TPSA) is 43.4 Å². The van der Waals surface area contributed by atoms with Crippen molar-refractivity contribution in [2.45, 2.75) is 13.8 Å². The van der Waals surface area contributed by atoms with Gasteiger partial charge in [0.1, 0.15) is 23.0 Å². The fraction of sp³-hybridized carbons (Fsp3) is 0.107. The lowest BCUT2D eigenvalue weighted by Crippen LogP contribution is -2.10. The van der Waals surface area contributed by atoms with Crippen LogP contribution < -0.4 is 28.7 Å². The van der Waals surface area contributed by atoms with Crippen molar-refractivity contribution in [3.63, 3.8) is 0 Å². The van der Waals surface area contributed by atoms with Crippen molar-refractivity contribution in [1.82, 2.24) is 0 Å². The van der Waals surface area contributed by atoms with Gasteiger partial charge in [-0.2, -0.15) is 0 Å². The molecule has 0 amide bonds. The summed E-state index contributed by atoms with van der Waals surface area (Å²) in [6.07, 6.45) is 0. The van der Waals surface area contributed by atoms with Gasteiger partial charge >= 0.3 is 0 Å². The zero-order chi connectivity index (χ0) is 42.7. The second-order valence-corrected chi connectivity index (χ2v) is 15.4. The van der Waals surface area contributed by atoms with E-state index in [-0.39, 0.29) is 0 Å². The second kappa shape index (κ2) is 17.1. The van der Waals surface area contributed by atoms with Gasteiger partial charge in [0.15, 0.2) is 0 Å². The summed E-state index contributed by atoms with van der Waals surface area (Å²) in [7, 11) is 6.78. The average molecular weight is 813 g/mol. The summed E-state index contributed by atoms with van der Waals surface area (Å²) in [5.41, 5.74) is 13.2. The average Bonchev–Trinajstić information content (AvgIpc) is 3.33. The van der Waals surface area contributed by atoms with E-state index in [2.05, 4.69) is 157 Å². The van der Waals surface area contributed by atoms with Crippen LogP contribution in [0.15, 0.2) is 182 Å². The zero-order valence-corrected chi connectivity index (χ0v) is 35.8. The normalized spacial score (nSPS) is 11.1.